The predicted octanol–water partition coefficient (Wildman–Crippen LogP) is 13.1. The quantitative estimate of drug-likeness (QED) is 0.0407. The summed E-state index contributed by atoms with van der Waals surface area (Å²) in [6.07, 6.45) is 33.3. The maximum Gasteiger partial charge on any atom is 0.306 e. The summed E-state index contributed by atoms with van der Waals surface area (Å²) in [7, 11) is -1.91. The van der Waals surface area contributed by atoms with Gasteiger partial charge in [-0.3, -0.25) is 4.79 Å². The largest absolute Gasteiger partial charge is 0.457 e. The van der Waals surface area contributed by atoms with Crippen LogP contribution in [0.4, 0.5) is 0 Å². The number of esters is 1. The maximum absolute atomic E-state index is 12.7. The Morgan fingerprint density at radius 2 is 0.909 bits per heavy atom. The SMILES string of the molecule is CCCCCCCCCCCCCCCC(=O)OC(COCCCCCCCCCCCCCC)CO[Si](C)(C)C(C)(C)C. The number of hydrogen-bond donors (Lipinski definition) is 0. The first kappa shape index (κ1) is 43.6. The van der Waals surface area contributed by atoms with Gasteiger partial charge in [-0.25, -0.2) is 0 Å². The molecule has 0 N–H and O–H groups in total. The van der Waals surface area contributed by atoms with Gasteiger partial charge < -0.3 is 13.9 Å². The Hall–Kier alpha value is -0.393. The van der Waals surface area contributed by atoms with E-state index in [1.807, 2.05) is 0 Å². The fourth-order valence-corrected chi connectivity index (χ4v) is 6.46. The number of carbonyl (C=O) groups excluding carboxylic acids is 1. The van der Waals surface area contributed by atoms with Crippen molar-refractivity contribution in [2.24, 2.45) is 0 Å². The highest BCUT2D eigenvalue weighted by Gasteiger charge is 2.38. The van der Waals surface area contributed by atoms with Gasteiger partial charge in [0.25, 0.3) is 0 Å². The third kappa shape index (κ3) is 27.9. The molecule has 0 radical (unpaired) electrons. The van der Waals surface area contributed by atoms with Crippen LogP contribution in [-0.2, 0) is 18.7 Å². The Kier molecular flexibility index (Phi) is 29.7. The lowest BCUT2D eigenvalue weighted by atomic mass is 10.0. The monoisotopic (exact) mass is 641 g/mol. The van der Waals surface area contributed by atoms with E-state index >= 15 is 0 Å². The summed E-state index contributed by atoms with van der Waals surface area (Å²) < 4.78 is 18.4. The van der Waals surface area contributed by atoms with E-state index in [2.05, 4.69) is 47.7 Å². The molecular weight excluding hydrogens is 561 g/mol. The highest BCUT2D eigenvalue weighted by Crippen LogP contribution is 2.36. The molecule has 5 heteroatoms. The fourth-order valence-electron chi connectivity index (χ4n) is 5.43. The van der Waals surface area contributed by atoms with Crippen LogP contribution in [0, 0.1) is 0 Å². The molecule has 4 nitrogen and oxygen atoms in total. The summed E-state index contributed by atoms with van der Waals surface area (Å²) in [6, 6.07) is 0. The van der Waals surface area contributed by atoms with E-state index < -0.39 is 8.32 Å². The summed E-state index contributed by atoms with van der Waals surface area (Å²) in [6.45, 7) is 17.4. The third-order valence-corrected chi connectivity index (χ3v) is 14.2. The molecule has 0 heterocycles. The summed E-state index contributed by atoms with van der Waals surface area (Å²) >= 11 is 0. The number of rotatable bonds is 33. The molecule has 0 spiro atoms. The van der Waals surface area contributed by atoms with Crippen LogP contribution in [0.3, 0.4) is 0 Å². The first-order chi connectivity index (χ1) is 21.1. The standard InChI is InChI=1S/C39H80O4Si/c1-8-10-12-14-16-18-20-22-23-25-27-29-31-33-38(40)43-37(36-42-44(6,7)39(3,4)5)35-41-34-32-30-28-26-24-21-19-17-15-13-11-9-2/h37H,8-36H2,1-7H3. The van der Waals surface area contributed by atoms with E-state index in [-0.39, 0.29) is 17.1 Å². The molecule has 0 amide bonds. The van der Waals surface area contributed by atoms with Gasteiger partial charge in [-0.15, -0.1) is 0 Å². The first-order valence-corrected chi connectivity index (χ1v) is 22.5. The van der Waals surface area contributed by atoms with Gasteiger partial charge in [0.15, 0.2) is 8.32 Å². The van der Waals surface area contributed by atoms with E-state index in [0.717, 1.165) is 25.9 Å². The number of unbranched alkanes of at least 4 members (excludes halogenated alkanes) is 23. The molecule has 0 aromatic carbocycles. The number of ether oxygens (including phenoxy) is 2. The van der Waals surface area contributed by atoms with Crippen LogP contribution in [0.25, 0.3) is 0 Å². The minimum atomic E-state index is -1.91. The van der Waals surface area contributed by atoms with Crippen molar-refractivity contribution < 1.29 is 18.7 Å². The topological polar surface area (TPSA) is 44.8 Å². The Bertz CT molecular complexity index is 616. The van der Waals surface area contributed by atoms with Crippen LogP contribution in [0.5, 0.6) is 0 Å². The summed E-state index contributed by atoms with van der Waals surface area (Å²) in [5.74, 6) is -0.0918. The zero-order chi connectivity index (χ0) is 32.8. The van der Waals surface area contributed by atoms with Crippen LogP contribution in [0.1, 0.15) is 202 Å². The Morgan fingerprint density at radius 3 is 1.30 bits per heavy atom. The van der Waals surface area contributed by atoms with Crippen LogP contribution < -0.4 is 0 Å². The number of hydrogen-bond acceptors (Lipinski definition) is 4. The van der Waals surface area contributed by atoms with Gasteiger partial charge in [-0.05, 0) is 31.0 Å². The lowest BCUT2D eigenvalue weighted by molar-refractivity contribution is -0.154. The van der Waals surface area contributed by atoms with Gasteiger partial charge in [-0.2, -0.15) is 0 Å². The van der Waals surface area contributed by atoms with Gasteiger partial charge in [0.05, 0.1) is 13.2 Å². The van der Waals surface area contributed by atoms with E-state index in [9.17, 15) is 4.79 Å². The molecule has 1 unspecified atom stereocenters. The molecule has 0 aliphatic heterocycles. The lowest BCUT2D eigenvalue weighted by Gasteiger charge is -2.37. The molecule has 0 aromatic rings. The van der Waals surface area contributed by atoms with Crippen LogP contribution in [0.15, 0.2) is 0 Å². The van der Waals surface area contributed by atoms with Crippen LogP contribution >= 0.6 is 0 Å². The Labute approximate surface area is 278 Å². The molecule has 0 rings (SSSR count). The van der Waals surface area contributed by atoms with E-state index in [0.29, 0.717) is 19.6 Å². The van der Waals surface area contributed by atoms with Gasteiger partial charge in [0, 0.05) is 13.0 Å². The molecule has 0 fully saturated rings. The van der Waals surface area contributed by atoms with Gasteiger partial charge in [0.2, 0.25) is 0 Å². The Morgan fingerprint density at radius 1 is 0.545 bits per heavy atom. The molecule has 0 aromatic heterocycles. The second-order valence-corrected chi connectivity index (χ2v) is 19.9. The number of carbonyl (C=O) groups is 1. The van der Waals surface area contributed by atoms with Crippen LogP contribution in [-0.4, -0.2) is 40.2 Å². The second-order valence-electron chi connectivity index (χ2n) is 15.1. The maximum atomic E-state index is 12.7. The second kappa shape index (κ2) is 30.0. The summed E-state index contributed by atoms with van der Waals surface area (Å²) in [4.78, 5) is 12.7. The van der Waals surface area contributed by atoms with Gasteiger partial charge >= 0.3 is 5.97 Å². The molecule has 0 aliphatic rings. The molecule has 0 saturated heterocycles. The van der Waals surface area contributed by atoms with Crippen molar-refractivity contribution in [3.8, 4) is 0 Å². The summed E-state index contributed by atoms with van der Waals surface area (Å²) in [5.41, 5.74) is 0. The molecule has 0 bridgehead atoms. The first-order valence-electron chi connectivity index (χ1n) is 19.5. The fraction of sp³-hybridized carbons (Fsp3) is 0.974. The lowest BCUT2D eigenvalue weighted by Crippen LogP contribution is -2.44. The van der Waals surface area contributed by atoms with Crippen molar-refractivity contribution in [1.82, 2.24) is 0 Å². The van der Waals surface area contributed by atoms with Gasteiger partial charge in [0.1, 0.15) is 6.10 Å². The highest BCUT2D eigenvalue weighted by atomic mass is 28.4. The van der Waals surface area contributed by atoms with Crippen LogP contribution in [0.2, 0.25) is 18.1 Å². The predicted molar refractivity (Wildman–Crippen MR) is 195 cm³/mol. The zero-order valence-electron chi connectivity index (χ0n) is 31.2. The molecule has 44 heavy (non-hydrogen) atoms. The normalized spacial score (nSPS) is 13.0. The Balaban J connectivity index is 4.11. The zero-order valence-corrected chi connectivity index (χ0v) is 32.2. The molecule has 0 saturated carbocycles. The van der Waals surface area contributed by atoms with Crippen molar-refractivity contribution in [1.29, 1.82) is 0 Å². The molecule has 0 aliphatic carbocycles. The smallest absolute Gasteiger partial charge is 0.306 e. The average Bonchev–Trinajstić information content (AvgIpc) is 2.97. The summed E-state index contributed by atoms with van der Waals surface area (Å²) in [5, 5.41) is 0.131. The van der Waals surface area contributed by atoms with Crippen molar-refractivity contribution in [3.63, 3.8) is 0 Å². The van der Waals surface area contributed by atoms with E-state index in [1.165, 1.54) is 141 Å². The van der Waals surface area contributed by atoms with Crippen molar-refractivity contribution in [2.75, 3.05) is 19.8 Å². The van der Waals surface area contributed by atoms with Gasteiger partial charge in [-0.1, -0.05) is 182 Å². The van der Waals surface area contributed by atoms with E-state index in [1.54, 1.807) is 0 Å². The van der Waals surface area contributed by atoms with Crippen molar-refractivity contribution in [2.45, 2.75) is 226 Å². The van der Waals surface area contributed by atoms with Crippen molar-refractivity contribution in [3.05, 3.63) is 0 Å². The van der Waals surface area contributed by atoms with Crippen molar-refractivity contribution >= 4 is 14.3 Å². The minimum absolute atomic E-state index is 0.0918. The molecule has 1 atom stereocenters. The molecule has 264 valence electrons. The van der Waals surface area contributed by atoms with E-state index in [4.69, 9.17) is 13.9 Å². The highest BCUT2D eigenvalue weighted by molar-refractivity contribution is 6.74. The third-order valence-electron chi connectivity index (χ3n) is 9.66. The average molecular weight is 641 g/mol. The molecular formula is C39H80O4Si. The minimum Gasteiger partial charge on any atom is -0.457 e.